The maximum Gasteiger partial charge on any atom is 0.161 e. The first-order valence-electron chi connectivity index (χ1n) is 7.25. The van der Waals surface area contributed by atoms with E-state index in [9.17, 15) is 15.0 Å². The molecular formula is C19H16O5. The van der Waals surface area contributed by atoms with Gasteiger partial charge in [0.05, 0.1) is 14.2 Å². The van der Waals surface area contributed by atoms with E-state index in [0.717, 1.165) is 11.7 Å². The Balaban J connectivity index is 2.36. The molecule has 0 aliphatic heterocycles. The summed E-state index contributed by atoms with van der Waals surface area (Å²) in [5.41, 5.74) is 1.82. The van der Waals surface area contributed by atoms with Gasteiger partial charge in [-0.3, -0.25) is 4.79 Å². The average Bonchev–Trinajstić information content (AvgIpc) is 2.60. The zero-order chi connectivity index (χ0) is 17.3. The number of aldehydes is 1. The van der Waals surface area contributed by atoms with Crippen LogP contribution in [0.3, 0.4) is 0 Å². The number of fused-ring (bicyclic) bond motifs is 1. The fraction of sp³-hybridized carbons (Fsp3) is 0.105. The van der Waals surface area contributed by atoms with Gasteiger partial charge in [0.15, 0.2) is 29.3 Å². The Hall–Kier alpha value is -3.21. The second-order valence-electron chi connectivity index (χ2n) is 5.28. The minimum Gasteiger partial charge on any atom is -0.504 e. The molecule has 24 heavy (non-hydrogen) atoms. The number of benzene rings is 3. The largest absolute Gasteiger partial charge is 0.504 e. The van der Waals surface area contributed by atoms with E-state index in [0.29, 0.717) is 33.6 Å². The van der Waals surface area contributed by atoms with Crippen LogP contribution in [0.1, 0.15) is 10.4 Å². The standard InChI is InChI=1S/C19H16O5/c1-23-17-8-12(5-6-15(17)21)19-13(10-20)4-3-11-7-18(24-2)16(22)9-14(11)19/h3-10,21-22H,1-2H3. The molecular weight excluding hydrogens is 308 g/mol. The maximum atomic E-state index is 11.5. The van der Waals surface area contributed by atoms with Gasteiger partial charge >= 0.3 is 0 Å². The molecule has 0 fully saturated rings. The fourth-order valence-electron chi connectivity index (χ4n) is 2.77. The van der Waals surface area contributed by atoms with Gasteiger partial charge in [-0.25, -0.2) is 0 Å². The molecule has 5 heteroatoms. The second kappa shape index (κ2) is 6.12. The summed E-state index contributed by atoms with van der Waals surface area (Å²) in [6.45, 7) is 0. The van der Waals surface area contributed by atoms with Crippen LogP contribution in [0.2, 0.25) is 0 Å². The van der Waals surface area contributed by atoms with Crippen molar-refractivity contribution in [2.24, 2.45) is 0 Å². The predicted molar refractivity (Wildman–Crippen MR) is 91.2 cm³/mol. The summed E-state index contributed by atoms with van der Waals surface area (Å²) in [5, 5.41) is 21.4. The molecule has 0 aliphatic carbocycles. The maximum absolute atomic E-state index is 11.5. The highest BCUT2D eigenvalue weighted by Gasteiger charge is 2.14. The number of hydrogen-bond acceptors (Lipinski definition) is 5. The first kappa shape index (κ1) is 15.7. The number of phenolic OH excluding ortho intramolecular Hbond substituents is 2. The molecule has 2 N–H and O–H groups in total. The number of aromatic hydroxyl groups is 2. The van der Waals surface area contributed by atoms with Crippen molar-refractivity contribution in [2.75, 3.05) is 14.2 Å². The number of carbonyl (C=O) groups is 1. The topological polar surface area (TPSA) is 76.0 Å². The van der Waals surface area contributed by atoms with Crippen molar-refractivity contribution in [3.05, 3.63) is 48.0 Å². The summed E-state index contributed by atoms with van der Waals surface area (Å²) >= 11 is 0. The highest BCUT2D eigenvalue weighted by Crippen LogP contribution is 2.40. The number of methoxy groups -OCH3 is 2. The summed E-state index contributed by atoms with van der Waals surface area (Å²) in [6, 6.07) is 11.6. The van der Waals surface area contributed by atoms with Crippen molar-refractivity contribution in [1.82, 2.24) is 0 Å². The van der Waals surface area contributed by atoms with Gasteiger partial charge in [-0.2, -0.15) is 0 Å². The summed E-state index contributed by atoms with van der Waals surface area (Å²) in [6.07, 6.45) is 0.759. The Labute approximate surface area is 138 Å². The minimum absolute atomic E-state index is 0.0126. The van der Waals surface area contributed by atoms with E-state index in [1.807, 2.05) is 0 Å². The van der Waals surface area contributed by atoms with Crippen LogP contribution in [0.15, 0.2) is 42.5 Å². The second-order valence-corrected chi connectivity index (χ2v) is 5.28. The molecule has 0 aromatic heterocycles. The first-order valence-corrected chi connectivity index (χ1v) is 7.25. The lowest BCUT2D eigenvalue weighted by molar-refractivity contribution is 0.112. The molecule has 3 aromatic rings. The molecule has 0 spiro atoms. The van der Waals surface area contributed by atoms with Gasteiger partial charge in [0.25, 0.3) is 0 Å². The molecule has 0 atom stereocenters. The lowest BCUT2D eigenvalue weighted by atomic mass is 9.93. The van der Waals surface area contributed by atoms with Crippen LogP contribution in [0, 0.1) is 0 Å². The Morgan fingerprint density at radius 1 is 0.875 bits per heavy atom. The number of rotatable bonds is 4. The number of hydrogen-bond donors (Lipinski definition) is 2. The predicted octanol–water partition coefficient (Wildman–Crippen LogP) is 3.75. The molecule has 0 saturated carbocycles. The van der Waals surface area contributed by atoms with Crippen LogP contribution in [0.5, 0.6) is 23.0 Å². The molecule has 0 radical (unpaired) electrons. The Kier molecular flexibility index (Phi) is 4.00. The van der Waals surface area contributed by atoms with E-state index in [-0.39, 0.29) is 11.5 Å². The molecule has 0 aliphatic rings. The van der Waals surface area contributed by atoms with Crippen LogP contribution in [0.4, 0.5) is 0 Å². The highest BCUT2D eigenvalue weighted by atomic mass is 16.5. The summed E-state index contributed by atoms with van der Waals surface area (Å²) < 4.78 is 10.3. The van der Waals surface area contributed by atoms with Crippen molar-refractivity contribution >= 4 is 17.1 Å². The number of carbonyl (C=O) groups excluding carboxylic acids is 1. The van der Waals surface area contributed by atoms with Crippen molar-refractivity contribution in [1.29, 1.82) is 0 Å². The normalized spacial score (nSPS) is 10.6. The summed E-state index contributed by atoms with van der Waals surface area (Å²) in [4.78, 5) is 11.5. The molecule has 0 bridgehead atoms. The molecule has 0 amide bonds. The molecule has 3 rings (SSSR count). The van der Waals surface area contributed by atoms with E-state index in [2.05, 4.69) is 0 Å². The zero-order valence-electron chi connectivity index (χ0n) is 13.2. The quantitative estimate of drug-likeness (QED) is 0.715. The summed E-state index contributed by atoms with van der Waals surface area (Å²) in [5.74, 6) is 0.661. The van der Waals surface area contributed by atoms with Gasteiger partial charge in [-0.05, 0) is 40.6 Å². The lowest BCUT2D eigenvalue weighted by Gasteiger charge is -2.13. The van der Waals surface area contributed by atoms with Gasteiger partial charge < -0.3 is 19.7 Å². The van der Waals surface area contributed by atoms with E-state index in [4.69, 9.17) is 9.47 Å². The smallest absolute Gasteiger partial charge is 0.161 e. The van der Waals surface area contributed by atoms with Crippen LogP contribution >= 0.6 is 0 Å². The van der Waals surface area contributed by atoms with E-state index in [1.165, 1.54) is 20.3 Å². The number of ether oxygens (including phenoxy) is 2. The van der Waals surface area contributed by atoms with Crippen molar-refractivity contribution < 1.29 is 24.5 Å². The van der Waals surface area contributed by atoms with Gasteiger partial charge in [0, 0.05) is 11.1 Å². The monoisotopic (exact) mass is 324 g/mol. The zero-order valence-corrected chi connectivity index (χ0v) is 13.2. The SMILES string of the molecule is COc1cc(-c2c(C=O)ccc3cc(OC)c(O)cc23)ccc1O. The summed E-state index contributed by atoms with van der Waals surface area (Å²) in [7, 11) is 2.94. The molecule has 0 heterocycles. The molecule has 3 aromatic carbocycles. The van der Waals surface area contributed by atoms with Gasteiger partial charge in [0.2, 0.25) is 0 Å². The molecule has 122 valence electrons. The third-order valence-corrected chi connectivity index (χ3v) is 3.95. The third-order valence-electron chi connectivity index (χ3n) is 3.95. The average molecular weight is 324 g/mol. The molecule has 0 saturated heterocycles. The first-order chi connectivity index (χ1) is 11.6. The third kappa shape index (κ3) is 2.50. The van der Waals surface area contributed by atoms with Crippen molar-refractivity contribution in [3.63, 3.8) is 0 Å². The van der Waals surface area contributed by atoms with E-state index >= 15 is 0 Å². The highest BCUT2D eigenvalue weighted by molar-refractivity contribution is 6.05. The van der Waals surface area contributed by atoms with Gasteiger partial charge in [-0.15, -0.1) is 0 Å². The lowest BCUT2D eigenvalue weighted by Crippen LogP contribution is -1.92. The van der Waals surface area contributed by atoms with Crippen LogP contribution in [-0.2, 0) is 0 Å². The van der Waals surface area contributed by atoms with E-state index < -0.39 is 0 Å². The van der Waals surface area contributed by atoms with Gasteiger partial charge in [0.1, 0.15) is 0 Å². The van der Waals surface area contributed by atoms with Crippen molar-refractivity contribution in [2.45, 2.75) is 0 Å². The molecule has 5 nitrogen and oxygen atoms in total. The Morgan fingerprint density at radius 3 is 2.25 bits per heavy atom. The van der Waals surface area contributed by atoms with Crippen LogP contribution in [-0.4, -0.2) is 30.7 Å². The van der Waals surface area contributed by atoms with E-state index in [1.54, 1.807) is 36.4 Å². The minimum atomic E-state index is -0.0138. The fourth-order valence-corrected chi connectivity index (χ4v) is 2.77. The van der Waals surface area contributed by atoms with Crippen LogP contribution < -0.4 is 9.47 Å². The van der Waals surface area contributed by atoms with Gasteiger partial charge in [-0.1, -0.05) is 18.2 Å². The van der Waals surface area contributed by atoms with Crippen LogP contribution in [0.25, 0.3) is 21.9 Å². The van der Waals surface area contributed by atoms with Crippen molar-refractivity contribution in [3.8, 4) is 34.1 Å². The Bertz CT molecular complexity index is 931. The number of phenols is 2. The Morgan fingerprint density at radius 2 is 1.58 bits per heavy atom. The molecule has 0 unspecified atom stereocenters.